The quantitative estimate of drug-likeness (QED) is 0.816. The van der Waals surface area contributed by atoms with Gasteiger partial charge in [-0.25, -0.2) is 0 Å². The summed E-state index contributed by atoms with van der Waals surface area (Å²) < 4.78 is 0. The summed E-state index contributed by atoms with van der Waals surface area (Å²) in [6.07, 6.45) is 4.02. The molecular formula is C16H25N. The molecule has 1 N–H and O–H groups in total. The summed E-state index contributed by atoms with van der Waals surface area (Å²) in [6, 6.07) is 7.53. The van der Waals surface area contributed by atoms with Crippen LogP contribution in [0.25, 0.3) is 0 Å². The second-order valence-corrected chi connectivity index (χ2v) is 6.13. The Morgan fingerprint density at radius 2 is 1.88 bits per heavy atom. The van der Waals surface area contributed by atoms with Gasteiger partial charge < -0.3 is 5.32 Å². The van der Waals surface area contributed by atoms with Crippen LogP contribution >= 0.6 is 0 Å². The molecule has 0 spiro atoms. The van der Waals surface area contributed by atoms with Gasteiger partial charge in [0.2, 0.25) is 0 Å². The summed E-state index contributed by atoms with van der Waals surface area (Å²) in [5.41, 5.74) is 4.90. The summed E-state index contributed by atoms with van der Waals surface area (Å²) in [7, 11) is 0. The van der Waals surface area contributed by atoms with E-state index in [0.717, 1.165) is 0 Å². The summed E-state index contributed by atoms with van der Waals surface area (Å²) in [4.78, 5) is 0. The van der Waals surface area contributed by atoms with E-state index in [2.05, 4.69) is 51.2 Å². The normalized spacial score (nSPS) is 17.5. The van der Waals surface area contributed by atoms with Crippen molar-refractivity contribution in [3.8, 4) is 0 Å². The lowest BCUT2D eigenvalue weighted by molar-refractivity contribution is 0.429. The number of rotatable bonds is 5. The molecule has 0 aliphatic heterocycles. The van der Waals surface area contributed by atoms with Crippen LogP contribution in [0.15, 0.2) is 18.2 Å². The maximum absolute atomic E-state index is 3.59. The van der Waals surface area contributed by atoms with E-state index in [1.807, 2.05) is 0 Å². The van der Waals surface area contributed by atoms with E-state index in [9.17, 15) is 0 Å². The van der Waals surface area contributed by atoms with Crippen LogP contribution in [-0.2, 0) is 6.42 Å². The second kappa shape index (κ2) is 4.81. The number of benzene rings is 1. The van der Waals surface area contributed by atoms with Crippen LogP contribution in [0.4, 0.5) is 0 Å². The fourth-order valence-electron chi connectivity index (χ4n) is 2.36. The minimum atomic E-state index is 0.561. The van der Waals surface area contributed by atoms with Crippen molar-refractivity contribution in [3.05, 3.63) is 34.9 Å². The van der Waals surface area contributed by atoms with Crippen LogP contribution in [0.5, 0.6) is 0 Å². The maximum Gasteiger partial charge on any atom is 0.00134 e. The third-order valence-corrected chi connectivity index (χ3v) is 3.99. The first-order valence-corrected chi connectivity index (χ1v) is 6.80. The van der Waals surface area contributed by atoms with Gasteiger partial charge in [0.1, 0.15) is 0 Å². The Morgan fingerprint density at radius 3 is 2.41 bits per heavy atom. The molecule has 17 heavy (non-hydrogen) atoms. The van der Waals surface area contributed by atoms with E-state index in [1.54, 1.807) is 0 Å². The number of hydrogen-bond donors (Lipinski definition) is 1. The third kappa shape index (κ3) is 3.32. The van der Waals surface area contributed by atoms with Crippen LogP contribution in [0.3, 0.4) is 0 Å². The van der Waals surface area contributed by atoms with E-state index in [0.29, 0.717) is 11.5 Å². The fourth-order valence-corrected chi connectivity index (χ4v) is 2.36. The highest BCUT2D eigenvalue weighted by atomic mass is 14.9. The molecule has 1 nitrogen and oxygen atoms in total. The largest absolute Gasteiger partial charge is 0.314 e. The number of aryl methyl sites for hydroxylation is 2. The Kier molecular flexibility index (Phi) is 3.58. The molecule has 94 valence electrons. The summed E-state index contributed by atoms with van der Waals surface area (Å²) >= 11 is 0. The molecule has 0 amide bonds. The van der Waals surface area contributed by atoms with Gasteiger partial charge in [-0.3, -0.25) is 0 Å². The van der Waals surface area contributed by atoms with Crippen molar-refractivity contribution in [2.45, 2.75) is 53.0 Å². The monoisotopic (exact) mass is 231 g/mol. The van der Waals surface area contributed by atoms with Gasteiger partial charge in [0.25, 0.3) is 0 Å². The third-order valence-electron chi connectivity index (χ3n) is 3.99. The zero-order valence-electron chi connectivity index (χ0n) is 11.6. The Morgan fingerprint density at radius 1 is 1.18 bits per heavy atom. The molecule has 0 bridgehead atoms. The van der Waals surface area contributed by atoms with Crippen LogP contribution in [0.2, 0.25) is 0 Å². The van der Waals surface area contributed by atoms with Gasteiger partial charge in [0, 0.05) is 12.6 Å². The predicted molar refractivity (Wildman–Crippen MR) is 74.4 cm³/mol. The highest BCUT2D eigenvalue weighted by Crippen LogP contribution is 2.48. The van der Waals surface area contributed by atoms with E-state index < -0.39 is 0 Å². The first-order valence-electron chi connectivity index (χ1n) is 6.80. The van der Waals surface area contributed by atoms with Gasteiger partial charge in [0.15, 0.2) is 0 Å². The van der Waals surface area contributed by atoms with Crippen molar-refractivity contribution in [1.82, 2.24) is 5.32 Å². The lowest BCUT2D eigenvalue weighted by Gasteiger charge is -2.18. The van der Waals surface area contributed by atoms with E-state index in [1.165, 1.54) is 42.5 Å². The first-order chi connectivity index (χ1) is 8.01. The van der Waals surface area contributed by atoms with Crippen molar-refractivity contribution in [1.29, 1.82) is 0 Å². The first kappa shape index (κ1) is 12.6. The molecule has 1 saturated carbocycles. The zero-order chi connectivity index (χ0) is 12.5. The van der Waals surface area contributed by atoms with Crippen molar-refractivity contribution >= 4 is 0 Å². The molecule has 0 aromatic heterocycles. The fraction of sp³-hybridized carbons (Fsp3) is 0.625. The molecule has 1 aliphatic carbocycles. The van der Waals surface area contributed by atoms with Crippen molar-refractivity contribution in [2.75, 3.05) is 6.54 Å². The Balaban J connectivity index is 1.98. The topological polar surface area (TPSA) is 12.0 Å². The maximum atomic E-state index is 3.59. The summed E-state index contributed by atoms with van der Waals surface area (Å²) in [5, 5.41) is 3.59. The van der Waals surface area contributed by atoms with Crippen molar-refractivity contribution in [2.24, 2.45) is 5.41 Å². The average molecular weight is 231 g/mol. The van der Waals surface area contributed by atoms with E-state index in [4.69, 9.17) is 0 Å². The highest BCUT2D eigenvalue weighted by molar-refractivity contribution is 5.31. The number of hydrogen-bond acceptors (Lipinski definition) is 1. The van der Waals surface area contributed by atoms with Crippen LogP contribution in [-0.4, -0.2) is 12.6 Å². The predicted octanol–water partition coefficient (Wildman–Crippen LogP) is 3.62. The Labute approximate surface area is 106 Å². The van der Waals surface area contributed by atoms with Gasteiger partial charge in [-0.1, -0.05) is 32.0 Å². The average Bonchev–Trinajstić information content (AvgIpc) is 3.02. The van der Waals surface area contributed by atoms with Gasteiger partial charge in [-0.15, -0.1) is 0 Å². The zero-order valence-corrected chi connectivity index (χ0v) is 11.6. The van der Waals surface area contributed by atoms with E-state index >= 15 is 0 Å². The molecule has 0 atom stereocenters. The molecule has 0 heterocycles. The smallest absolute Gasteiger partial charge is 0.00134 e. The van der Waals surface area contributed by atoms with Gasteiger partial charge >= 0.3 is 0 Å². The van der Waals surface area contributed by atoms with Gasteiger partial charge in [-0.2, -0.15) is 0 Å². The summed E-state index contributed by atoms with van der Waals surface area (Å²) in [6.45, 7) is 10.0. The molecule has 0 radical (unpaired) electrons. The second-order valence-electron chi connectivity index (χ2n) is 6.13. The van der Waals surface area contributed by atoms with Gasteiger partial charge in [0.05, 0.1) is 0 Å². The Bertz CT molecular complexity index is 389. The Hall–Kier alpha value is -0.820. The molecule has 2 rings (SSSR count). The molecule has 1 aromatic carbocycles. The molecule has 1 aliphatic rings. The number of nitrogens with one attached hydrogen (secondary N) is 1. The molecule has 0 unspecified atom stereocenters. The minimum Gasteiger partial charge on any atom is -0.314 e. The van der Waals surface area contributed by atoms with Crippen LogP contribution in [0.1, 0.15) is 43.4 Å². The SMILES string of the molecule is Cc1ccc(CC2(CNC(C)C)CC2)cc1C. The van der Waals surface area contributed by atoms with Crippen LogP contribution < -0.4 is 5.32 Å². The van der Waals surface area contributed by atoms with Gasteiger partial charge in [-0.05, 0) is 55.2 Å². The molecule has 1 aromatic rings. The van der Waals surface area contributed by atoms with Crippen LogP contribution in [0, 0.1) is 19.3 Å². The molecule has 1 heteroatoms. The lowest BCUT2D eigenvalue weighted by atomic mass is 9.94. The highest BCUT2D eigenvalue weighted by Gasteiger charge is 2.42. The van der Waals surface area contributed by atoms with Crippen molar-refractivity contribution < 1.29 is 0 Å². The molecule has 1 fully saturated rings. The lowest BCUT2D eigenvalue weighted by Crippen LogP contribution is -2.30. The standard InChI is InChI=1S/C16H25N/c1-12(2)17-11-16(7-8-16)10-15-6-5-13(3)14(4)9-15/h5-6,9,12,17H,7-8,10-11H2,1-4H3. The molecular weight excluding hydrogens is 206 g/mol. The van der Waals surface area contributed by atoms with E-state index in [-0.39, 0.29) is 0 Å². The molecule has 0 saturated heterocycles. The minimum absolute atomic E-state index is 0.561. The summed E-state index contributed by atoms with van der Waals surface area (Å²) in [5.74, 6) is 0. The van der Waals surface area contributed by atoms with Crippen molar-refractivity contribution in [3.63, 3.8) is 0 Å².